The summed E-state index contributed by atoms with van der Waals surface area (Å²) in [4.78, 5) is 22.6. The lowest BCUT2D eigenvalue weighted by Crippen LogP contribution is -2.57. The molecule has 0 amide bonds. The Labute approximate surface area is 127 Å². The smallest absolute Gasteiger partial charge is 0.312 e. The van der Waals surface area contributed by atoms with Crippen LogP contribution in [-0.2, 0) is 4.79 Å². The molecule has 1 aromatic rings. The van der Waals surface area contributed by atoms with Crippen LogP contribution >= 0.6 is 11.6 Å². The molecule has 0 bridgehead atoms. The number of ketones is 1. The number of halogens is 1. The van der Waals surface area contributed by atoms with Gasteiger partial charge in [-0.25, -0.2) is 0 Å². The summed E-state index contributed by atoms with van der Waals surface area (Å²) in [6.07, 6.45) is 4.95. The normalized spacial score (nSPS) is 23.7. The summed E-state index contributed by atoms with van der Waals surface area (Å²) in [5, 5.41) is 11.4. The van der Waals surface area contributed by atoms with E-state index in [1.165, 1.54) is 12.1 Å². The third kappa shape index (κ3) is 2.39. The van der Waals surface area contributed by atoms with E-state index in [2.05, 4.69) is 0 Å². The zero-order valence-electron chi connectivity index (χ0n) is 11.5. The average molecular weight is 310 g/mol. The van der Waals surface area contributed by atoms with Gasteiger partial charge in [0.1, 0.15) is 11.9 Å². The van der Waals surface area contributed by atoms with Gasteiger partial charge in [-0.1, -0.05) is 30.9 Å². The van der Waals surface area contributed by atoms with Crippen LogP contribution in [-0.4, -0.2) is 16.8 Å². The Morgan fingerprint density at radius 2 is 2.00 bits per heavy atom. The van der Waals surface area contributed by atoms with Crippen molar-refractivity contribution in [1.82, 2.24) is 0 Å². The van der Waals surface area contributed by atoms with Crippen LogP contribution in [0.3, 0.4) is 0 Å². The molecule has 0 aliphatic heterocycles. The highest BCUT2D eigenvalue weighted by molar-refractivity contribution is 6.30. The molecule has 0 heterocycles. The number of nitrogens with zero attached hydrogens (tertiary/aromatic N) is 1. The van der Waals surface area contributed by atoms with Crippen molar-refractivity contribution in [3.63, 3.8) is 0 Å². The fraction of sp³-hybridized carbons (Fsp3) is 0.533. The van der Waals surface area contributed by atoms with Crippen LogP contribution in [0.5, 0.6) is 5.75 Å². The summed E-state index contributed by atoms with van der Waals surface area (Å²) >= 11 is 5.80. The summed E-state index contributed by atoms with van der Waals surface area (Å²) in [7, 11) is 0. The standard InChI is InChI=1S/C15H16ClNO4/c16-10-4-5-12(11(8-10)17(19)20)21-14-9-13(18)15(14)6-2-1-3-7-15/h4-5,8,14H,1-3,6-7,9H2. The van der Waals surface area contributed by atoms with Crippen LogP contribution in [0.15, 0.2) is 18.2 Å². The van der Waals surface area contributed by atoms with E-state index in [1.54, 1.807) is 6.07 Å². The second-order valence-electron chi connectivity index (χ2n) is 5.82. The molecule has 2 aliphatic carbocycles. The minimum Gasteiger partial charge on any atom is -0.482 e. The Hall–Kier alpha value is -1.62. The van der Waals surface area contributed by atoms with Gasteiger partial charge in [0, 0.05) is 17.5 Å². The van der Waals surface area contributed by atoms with E-state index in [0.29, 0.717) is 11.4 Å². The number of carbonyl (C=O) groups excluding carboxylic acids is 1. The highest BCUT2D eigenvalue weighted by Gasteiger charge is 2.56. The van der Waals surface area contributed by atoms with E-state index in [4.69, 9.17) is 16.3 Å². The van der Waals surface area contributed by atoms with Gasteiger partial charge < -0.3 is 4.74 Å². The quantitative estimate of drug-likeness (QED) is 0.627. The largest absolute Gasteiger partial charge is 0.482 e. The third-order valence-corrected chi connectivity index (χ3v) is 4.91. The van der Waals surface area contributed by atoms with Crippen LogP contribution in [0.25, 0.3) is 0 Å². The number of benzene rings is 1. The van der Waals surface area contributed by atoms with Crippen molar-refractivity contribution in [1.29, 1.82) is 0 Å². The van der Waals surface area contributed by atoms with Gasteiger partial charge in [0.05, 0.1) is 10.3 Å². The maximum absolute atomic E-state index is 12.0. The molecular formula is C15H16ClNO4. The third-order valence-electron chi connectivity index (χ3n) is 4.68. The van der Waals surface area contributed by atoms with Crippen molar-refractivity contribution < 1.29 is 14.5 Å². The number of carbonyl (C=O) groups is 1. The molecule has 2 aliphatic rings. The zero-order valence-corrected chi connectivity index (χ0v) is 12.3. The van der Waals surface area contributed by atoms with Gasteiger partial charge in [-0.3, -0.25) is 14.9 Å². The first-order valence-corrected chi connectivity index (χ1v) is 7.55. The van der Waals surface area contributed by atoms with Crippen LogP contribution in [0.1, 0.15) is 38.5 Å². The maximum atomic E-state index is 12.0. The summed E-state index contributed by atoms with van der Waals surface area (Å²) in [6.45, 7) is 0. The number of nitro groups is 1. The monoisotopic (exact) mass is 309 g/mol. The zero-order chi connectivity index (χ0) is 15.0. The van der Waals surface area contributed by atoms with Gasteiger partial charge in [0.15, 0.2) is 5.75 Å². The Kier molecular flexibility index (Phi) is 3.61. The van der Waals surface area contributed by atoms with Gasteiger partial charge in [-0.15, -0.1) is 0 Å². The molecule has 2 saturated carbocycles. The van der Waals surface area contributed by atoms with Crippen molar-refractivity contribution in [2.75, 3.05) is 0 Å². The molecule has 3 rings (SSSR count). The number of rotatable bonds is 3. The van der Waals surface area contributed by atoms with E-state index in [-0.39, 0.29) is 23.3 Å². The first-order valence-electron chi connectivity index (χ1n) is 7.17. The van der Waals surface area contributed by atoms with Gasteiger partial charge in [0.2, 0.25) is 0 Å². The molecular weight excluding hydrogens is 294 g/mol. The lowest BCUT2D eigenvalue weighted by atomic mass is 9.57. The predicted molar refractivity (Wildman–Crippen MR) is 77.7 cm³/mol. The number of hydrogen-bond donors (Lipinski definition) is 0. The molecule has 1 unspecified atom stereocenters. The number of Topliss-reactive ketones (excluding diaryl/α,β-unsaturated/α-hetero) is 1. The lowest BCUT2D eigenvalue weighted by molar-refractivity contribution is -0.386. The Balaban J connectivity index is 1.84. The van der Waals surface area contributed by atoms with Gasteiger partial charge in [0.25, 0.3) is 0 Å². The van der Waals surface area contributed by atoms with Gasteiger partial charge in [-0.05, 0) is 25.0 Å². The molecule has 112 valence electrons. The van der Waals surface area contributed by atoms with Gasteiger partial charge in [-0.2, -0.15) is 0 Å². The molecule has 1 spiro atoms. The first kappa shape index (κ1) is 14.3. The van der Waals surface area contributed by atoms with Crippen LogP contribution in [0.4, 0.5) is 5.69 Å². The van der Waals surface area contributed by atoms with E-state index in [9.17, 15) is 14.9 Å². The van der Waals surface area contributed by atoms with Crippen LogP contribution in [0.2, 0.25) is 5.02 Å². The molecule has 21 heavy (non-hydrogen) atoms. The maximum Gasteiger partial charge on any atom is 0.312 e. The summed E-state index contributed by atoms with van der Waals surface area (Å²) in [5.41, 5.74) is -0.557. The second kappa shape index (κ2) is 5.30. The predicted octanol–water partition coefficient (Wildman–Crippen LogP) is 3.92. The summed E-state index contributed by atoms with van der Waals surface area (Å²) < 4.78 is 5.84. The molecule has 5 nitrogen and oxygen atoms in total. The highest BCUT2D eigenvalue weighted by Crippen LogP contribution is 2.51. The van der Waals surface area contributed by atoms with Crippen molar-refractivity contribution in [2.24, 2.45) is 5.41 Å². The number of ether oxygens (including phenoxy) is 1. The van der Waals surface area contributed by atoms with E-state index in [0.717, 1.165) is 32.1 Å². The molecule has 0 N–H and O–H groups in total. The molecule has 0 aromatic heterocycles. The van der Waals surface area contributed by atoms with Gasteiger partial charge >= 0.3 is 5.69 Å². The minimum atomic E-state index is -0.505. The molecule has 6 heteroatoms. The van der Waals surface area contributed by atoms with Crippen LogP contribution < -0.4 is 4.74 Å². The minimum absolute atomic E-state index is 0.146. The Morgan fingerprint density at radius 1 is 1.29 bits per heavy atom. The van der Waals surface area contributed by atoms with Crippen molar-refractivity contribution in [3.8, 4) is 5.75 Å². The topological polar surface area (TPSA) is 69.4 Å². The molecule has 1 aromatic carbocycles. The van der Waals surface area contributed by atoms with E-state index in [1.807, 2.05) is 0 Å². The second-order valence-corrected chi connectivity index (χ2v) is 6.26. The highest BCUT2D eigenvalue weighted by atomic mass is 35.5. The number of nitro benzene ring substituents is 1. The van der Waals surface area contributed by atoms with Crippen LogP contribution in [0, 0.1) is 15.5 Å². The van der Waals surface area contributed by atoms with Crippen molar-refractivity contribution in [3.05, 3.63) is 33.3 Å². The lowest BCUT2D eigenvalue weighted by Gasteiger charge is -2.49. The molecule has 2 fully saturated rings. The fourth-order valence-electron chi connectivity index (χ4n) is 3.44. The molecule has 1 atom stereocenters. The first-order chi connectivity index (χ1) is 10.0. The molecule has 0 radical (unpaired) electrons. The van der Waals surface area contributed by atoms with Crippen molar-refractivity contribution in [2.45, 2.75) is 44.6 Å². The fourth-order valence-corrected chi connectivity index (χ4v) is 3.61. The molecule has 0 saturated heterocycles. The van der Waals surface area contributed by atoms with E-state index < -0.39 is 10.3 Å². The summed E-state index contributed by atoms with van der Waals surface area (Å²) in [6, 6.07) is 4.36. The Morgan fingerprint density at radius 3 is 2.62 bits per heavy atom. The van der Waals surface area contributed by atoms with E-state index >= 15 is 0 Å². The summed E-state index contributed by atoms with van der Waals surface area (Å²) in [5.74, 6) is 0.440. The Bertz CT molecular complexity index is 595. The SMILES string of the molecule is O=C1CC(Oc2ccc(Cl)cc2[N+](=O)[O-])C12CCCCC2. The average Bonchev–Trinajstić information content (AvgIpc) is 2.49. The number of hydrogen-bond acceptors (Lipinski definition) is 4. The van der Waals surface area contributed by atoms with Crippen molar-refractivity contribution >= 4 is 23.1 Å².